The summed E-state index contributed by atoms with van der Waals surface area (Å²) >= 11 is 0. The number of hydrogen-bond donors (Lipinski definition) is 2. The van der Waals surface area contributed by atoms with Crippen LogP contribution in [0.1, 0.15) is 31.2 Å². The maximum Gasteiger partial charge on any atom is 0.258 e. The molecule has 28 heavy (non-hydrogen) atoms. The molecule has 0 unspecified atom stereocenters. The van der Waals surface area contributed by atoms with Crippen LogP contribution in [0.5, 0.6) is 5.75 Å². The maximum atomic E-state index is 12.9. The molecule has 0 radical (unpaired) electrons. The van der Waals surface area contributed by atoms with E-state index in [0.29, 0.717) is 12.6 Å². The molecule has 1 aliphatic carbocycles. The van der Waals surface area contributed by atoms with Gasteiger partial charge in [-0.05, 0) is 60.2 Å². The van der Waals surface area contributed by atoms with E-state index in [4.69, 9.17) is 10.5 Å². The van der Waals surface area contributed by atoms with Crippen LogP contribution >= 0.6 is 0 Å². The number of methoxy groups -OCH3 is 1. The summed E-state index contributed by atoms with van der Waals surface area (Å²) in [6.45, 7) is 0.537. The van der Waals surface area contributed by atoms with E-state index in [0.717, 1.165) is 40.6 Å². The van der Waals surface area contributed by atoms with Crippen molar-refractivity contribution in [1.82, 2.24) is 4.57 Å². The lowest BCUT2D eigenvalue weighted by atomic mass is 9.91. The number of hydrogen-bond acceptors (Lipinski definition) is 4. The molecule has 3 aromatic rings. The number of anilines is 1. The molecule has 5 heteroatoms. The molecule has 146 valence electrons. The van der Waals surface area contributed by atoms with Crippen LogP contribution in [-0.2, 0) is 6.54 Å². The molecule has 1 aromatic heterocycles. The lowest BCUT2D eigenvalue weighted by Gasteiger charge is -2.30. The molecule has 1 fully saturated rings. The first-order valence-electron chi connectivity index (χ1n) is 9.92. The molecular weight excluding hydrogens is 350 g/mol. The van der Waals surface area contributed by atoms with Crippen molar-refractivity contribution in [2.24, 2.45) is 5.73 Å². The summed E-state index contributed by atoms with van der Waals surface area (Å²) in [5.74, 6) is 0.812. The largest absolute Gasteiger partial charge is 0.497 e. The zero-order valence-electron chi connectivity index (χ0n) is 16.2. The van der Waals surface area contributed by atoms with Crippen LogP contribution < -0.4 is 21.3 Å². The third-order valence-corrected chi connectivity index (χ3v) is 5.66. The maximum absolute atomic E-state index is 12.9. The minimum absolute atomic E-state index is 0.0224. The van der Waals surface area contributed by atoms with E-state index < -0.39 is 0 Å². The number of pyridine rings is 1. The Morgan fingerprint density at radius 1 is 1.11 bits per heavy atom. The molecule has 3 N–H and O–H groups in total. The first-order chi connectivity index (χ1) is 13.6. The van der Waals surface area contributed by atoms with E-state index in [-0.39, 0.29) is 11.6 Å². The van der Waals surface area contributed by atoms with Crippen LogP contribution in [0.25, 0.3) is 10.8 Å². The highest BCUT2D eigenvalue weighted by molar-refractivity contribution is 5.84. The number of ether oxygens (including phenoxy) is 1. The monoisotopic (exact) mass is 377 g/mol. The second-order valence-electron chi connectivity index (χ2n) is 7.60. The molecule has 0 saturated heterocycles. The summed E-state index contributed by atoms with van der Waals surface area (Å²) < 4.78 is 6.93. The van der Waals surface area contributed by atoms with Crippen LogP contribution in [0, 0.1) is 0 Å². The average molecular weight is 377 g/mol. The van der Waals surface area contributed by atoms with Gasteiger partial charge in [0.05, 0.1) is 13.7 Å². The number of rotatable bonds is 5. The smallest absolute Gasteiger partial charge is 0.258 e. The van der Waals surface area contributed by atoms with Gasteiger partial charge in [0.15, 0.2) is 0 Å². The first kappa shape index (κ1) is 18.6. The molecule has 0 bridgehead atoms. The Morgan fingerprint density at radius 3 is 2.64 bits per heavy atom. The number of fused-ring (bicyclic) bond motifs is 1. The minimum atomic E-state index is 0.0224. The molecule has 1 saturated carbocycles. The van der Waals surface area contributed by atoms with E-state index in [1.165, 1.54) is 12.8 Å². The normalized spacial score (nSPS) is 19.5. The van der Waals surface area contributed by atoms with E-state index in [9.17, 15) is 4.79 Å². The average Bonchev–Trinajstić information content (AvgIpc) is 2.72. The number of nitrogens with one attached hydrogen (secondary N) is 1. The summed E-state index contributed by atoms with van der Waals surface area (Å²) in [6.07, 6.45) is 6.47. The summed E-state index contributed by atoms with van der Waals surface area (Å²) in [5, 5.41) is 5.24. The van der Waals surface area contributed by atoms with Gasteiger partial charge in [0.25, 0.3) is 5.56 Å². The van der Waals surface area contributed by atoms with Crippen molar-refractivity contribution in [3.63, 3.8) is 0 Å². The fourth-order valence-electron chi connectivity index (χ4n) is 3.98. The predicted molar refractivity (Wildman–Crippen MR) is 114 cm³/mol. The van der Waals surface area contributed by atoms with E-state index in [1.54, 1.807) is 11.7 Å². The van der Waals surface area contributed by atoms with Gasteiger partial charge in [0.1, 0.15) is 5.75 Å². The third-order valence-electron chi connectivity index (χ3n) is 5.66. The Balaban J connectivity index is 1.56. The van der Waals surface area contributed by atoms with Crippen LogP contribution in [0.3, 0.4) is 0 Å². The van der Waals surface area contributed by atoms with Gasteiger partial charge in [-0.25, -0.2) is 0 Å². The van der Waals surface area contributed by atoms with Gasteiger partial charge in [-0.2, -0.15) is 0 Å². The van der Waals surface area contributed by atoms with Crippen LogP contribution in [0.2, 0.25) is 0 Å². The molecular formula is C23H27N3O2. The molecule has 0 amide bonds. The Bertz CT molecular complexity index is 1010. The fraction of sp³-hybridized carbons (Fsp3) is 0.348. The third kappa shape index (κ3) is 3.90. The van der Waals surface area contributed by atoms with Gasteiger partial charge in [0.2, 0.25) is 0 Å². The van der Waals surface area contributed by atoms with E-state index >= 15 is 0 Å². The molecule has 1 aliphatic rings. The van der Waals surface area contributed by atoms with Crippen molar-refractivity contribution in [1.29, 1.82) is 0 Å². The fourth-order valence-corrected chi connectivity index (χ4v) is 3.98. The minimum Gasteiger partial charge on any atom is -0.497 e. The summed E-state index contributed by atoms with van der Waals surface area (Å²) in [6, 6.07) is 16.3. The summed E-state index contributed by atoms with van der Waals surface area (Å²) in [5.41, 5.74) is 8.37. The quantitative estimate of drug-likeness (QED) is 0.711. The lowest BCUT2D eigenvalue weighted by molar-refractivity contribution is 0.404. The topological polar surface area (TPSA) is 69.3 Å². The summed E-state index contributed by atoms with van der Waals surface area (Å²) in [7, 11) is 1.65. The Hall–Kier alpha value is -2.79. The van der Waals surface area contributed by atoms with Crippen LogP contribution in [0.4, 0.5) is 5.69 Å². The standard InChI is InChI=1S/C23H27N3O2/c1-28-19-9-6-16(7-10-19)15-26-13-12-17-14-18(8-11-20(17)23(26)27)25-22-5-3-2-4-21(22)24/h6-14,21-22,25H,2-5,15,24H2,1H3/t21-,22-/m0/s1. The van der Waals surface area contributed by atoms with Crippen molar-refractivity contribution >= 4 is 16.5 Å². The van der Waals surface area contributed by atoms with E-state index in [1.807, 2.05) is 48.7 Å². The van der Waals surface area contributed by atoms with Crippen LogP contribution in [0.15, 0.2) is 59.5 Å². The number of aromatic nitrogens is 1. The zero-order valence-corrected chi connectivity index (χ0v) is 16.2. The van der Waals surface area contributed by atoms with Crippen molar-refractivity contribution < 1.29 is 4.74 Å². The van der Waals surface area contributed by atoms with Crippen molar-refractivity contribution in [2.75, 3.05) is 12.4 Å². The SMILES string of the molecule is COc1ccc(Cn2ccc3cc(N[C@H]4CCCC[C@@H]4N)ccc3c2=O)cc1. The Labute approximate surface area is 165 Å². The Morgan fingerprint density at radius 2 is 1.89 bits per heavy atom. The zero-order chi connectivity index (χ0) is 19.5. The lowest BCUT2D eigenvalue weighted by Crippen LogP contribution is -2.42. The molecule has 0 spiro atoms. The van der Waals surface area contributed by atoms with Crippen LogP contribution in [-0.4, -0.2) is 23.8 Å². The number of nitrogens with zero attached hydrogens (tertiary/aromatic N) is 1. The van der Waals surface area contributed by atoms with Gasteiger partial charge in [0, 0.05) is 29.4 Å². The van der Waals surface area contributed by atoms with E-state index in [2.05, 4.69) is 11.4 Å². The number of nitrogens with two attached hydrogens (primary N) is 1. The highest BCUT2D eigenvalue weighted by atomic mass is 16.5. The molecule has 5 nitrogen and oxygen atoms in total. The molecule has 0 aliphatic heterocycles. The second kappa shape index (κ2) is 8.07. The molecule has 1 heterocycles. The summed E-state index contributed by atoms with van der Waals surface area (Å²) in [4.78, 5) is 12.9. The molecule has 4 rings (SSSR count). The van der Waals surface area contributed by atoms with Gasteiger partial charge in [-0.3, -0.25) is 4.79 Å². The van der Waals surface area contributed by atoms with Crippen molar-refractivity contribution in [3.05, 3.63) is 70.6 Å². The van der Waals surface area contributed by atoms with Gasteiger partial charge < -0.3 is 20.4 Å². The van der Waals surface area contributed by atoms with Crippen molar-refractivity contribution in [3.8, 4) is 5.75 Å². The molecule has 2 atom stereocenters. The second-order valence-corrected chi connectivity index (χ2v) is 7.60. The molecule has 2 aromatic carbocycles. The van der Waals surface area contributed by atoms with Crippen molar-refractivity contribution in [2.45, 2.75) is 44.3 Å². The van der Waals surface area contributed by atoms with Gasteiger partial charge in [-0.1, -0.05) is 25.0 Å². The Kier molecular flexibility index (Phi) is 5.35. The first-order valence-corrected chi connectivity index (χ1v) is 9.92. The van der Waals surface area contributed by atoms with Gasteiger partial charge in [-0.15, -0.1) is 0 Å². The highest BCUT2D eigenvalue weighted by Crippen LogP contribution is 2.23. The van der Waals surface area contributed by atoms with Gasteiger partial charge >= 0.3 is 0 Å². The highest BCUT2D eigenvalue weighted by Gasteiger charge is 2.21. The number of benzene rings is 2. The predicted octanol–water partition coefficient (Wildman–Crippen LogP) is 3.74.